The van der Waals surface area contributed by atoms with Crippen LogP contribution in [0.5, 0.6) is 0 Å². The molecule has 0 spiro atoms. The molecule has 1 aliphatic rings. The molecule has 0 radical (unpaired) electrons. The van der Waals surface area contributed by atoms with E-state index in [4.69, 9.17) is 4.74 Å². The fourth-order valence-electron chi connectivity index (χ4n) is 3.22. The summed E-state index contributed by atoms with van der Waals surface area (Å²) in [4.78, 5) is 14.9. The zero-order chi connectivity index (χ0) is 18.6. The van der Waals surface area contributed by atoms with E-state index < -0.39 is 0 Å². The third-order valence-corrected chi connectivity index (χ3v) is 5.15. The zero-order valence-electron chi connectivity index (χ0n) is 16.6. The Kier molecular flexibility index (Phi) is 6.64. The molecule has 1 aromatic carbocycles. The Morgan fingerprint density at radius 1 is 1.24 bits per heavy atom. The number of ether oxygens (including phenoxy) is 1. The number of carbonyl (C=O) groups excluding carboxylic acids is 1. The molecule has 1 aliphatic heterocycles. The van der Waals surface area contributed by atoms with Crippen LogP contribution in [0.1, 0.15) is 53.5 Å². The molecule has 25 heavy (non-hydrogen) atoms. The van der Waals surface area contributed by atoms with Gasteiger partial charge in [0.2, 0.25) is 5.91 Å². The molecule has 1 heterocycles. The van der Waals surface area contributed by atoms with Gasteiger partial charge in [-0.1, -0.05) is 45.9 Å². The van der Waals surface area contributed by atoms with Crippen molar-refractivity contribution in [3.8, 4) is 0 Å². The molecule has 1 fully saturated rings. The fraction of sp³-hybridized carbons (Fsp3) is 0.667. The molecular weight excluding hydrogens is 312 g/mol. The molecule has 1 amide bonds. The first kappa shape index (κ1) is 19.9. The van der Waals surface area contributed by atoms with E-state index in [9.17, 15) is 4.79 Å². The molecule has 0 aromatic heterocycles. The van der Waals surface area contributed by atoms with Crippen molar-refractivity contribution in [2.24, 2.45) is 11.3 Å². The maximum atomic E-state index is 12.5. The highest BCUT2D eigenvalue weighted by Gasteiger charge is 2.24. The Balaban J connectivity index is 2.01. The summed E-state index contributed by atoms with van der Waals surface area (Å²) < 4.78 is 5.81. The van der Waals surface area contributed by atoms with Crippen LogP contribution in [0.2, 0.25) is 0 Å². The molecule has 4 heteroatoms. The molecule has 3 unspecified atom stereocenters. The van der Waals surface area contributed by atoms with Crippen LogP contribution in [0.4, 0.5) is 5.69 Å². The van der Waals surface area contributed by atoms with Gasteiger partial charge in [0.15, 0.2) is 0 Å². The van der Waals surface area contributed by atoms with Crippen molar-refractivity contribution >= 4 is 11.6 Å². The first-order valence-electron chi connectivity index (χ1n) is 9.40. The van der Waals surface area contributed by atoms with Gasteiger partial charge in [0.1, 0.15) is 0 Å². The molecule has 4 nitrogen and oxygen atoms in total. The Bertz CT molecular complexity index is 570. The molecule has 1 saturated heterocycles. The maximum Gasteiger partial charge on any atom is 0.224 e. The first-order chi connectivity index (χ1) is 11.6. The predicted molar refractivity (Wildman–Crippen MR) is 104 cm³/mol. The number of hydrogen-bond acceptors (Lipinski definition) is 3. The summed E-state index contributed by atoms with van der Waals surface area (Å²) in [5.74, 6) is 0.430. The molecule has 140 valence electrons. The molecule has 3 atom stereocenters. The highest BCUT2D eigenvalue weighted by molar-refractivity contribution is 5.91. The van der Waals surface area contributed by atoms with Crippen LogP contribution in [-0.2, 0) is 16.1 Å². The Morgan fingerprint density at radius 3 is 2.44 bits per heavy atom. The number of morpholine rings is 1. The average molecular weight is 347 g/mol. The average Bonchev–Trinajstić information content (AvgIpc) is 2.47. The van der Waals surface area contributed by atoms with E-state index in [-0.39, 0.29) is 23.5 Å². The minimum absolute atomic E-state index is 0.0959. The summed E-state index contributed by atoms with van der Waals surface area (Å²) >= 11 is 0. The Morgan fingerprint density at radius 2 is 1.84 bits per heavy atom. The van der Waals surface area contributed by atoms with Gasteiger partial charge in [0, 0.05) is 31.7 Å². The van der Waals surface area contributed by atoms with Crippen LogP contribution < -0.4 is 5.32 Å². The number of anilines is 1. The van der Waals surface area contributed by atoms with Gasteiger partial charge in [-0.2, -0.15) is 0 Å². The lowest BCUT2D eigenvalue weighted by Crippen LogP contribution is -2.44. The van der Waals surface area contributed by atoms with Gasteiger partial charge in [-0.3, -0.25) is 9.69 Å². The van der Waals surface area contributed by atoms with E-state index in [0.29, 0.717) is 12.3 Å². The highest BCUT2D eigenvalue weighted by atomic mass is 16.5. The number of para-hydroxylation sites is 1. The van der Waals surface area contributed by atoms with Crippen molar-refractivity contribution in [1.82, 2.24) is 4.90 Å². The smallest absolute Gasteiger partial charge is 0.224 e. The van der Waals surface area contributed by atoms with Gasteiger partial charge >= 0.3 is 0 Å². The lowest BCUT2D eigenvalue weighted by atomic mass is 9.80. The Hall–Kier alpha value is -1.39. The maximum absolute atomic E-state index is 12.5. The second-order valence-electron chi connectivity index (χ2n) is 8.63. The highest BCUT2D eigenvalue weighted by Crippen LogP contribution is 2.28. The second kappa shape index (κ2) is 8.33. The summed E-state index contributed by atoms with van der Waals surface area (Å²) in [7, 11) is 0. The van der Waals surface area contributed by atoms with Gasteiger partial charge < -0.3 is 10.1 Å². The fourth-order valence-corrected chi connectivity index (χ4v) is 3.22. The summed E-state index contributed by atoms with van der Waals surface area (Å²) in [6, 6.07) is 8.13. The molecule has 2 rings (SSSR count). The molecule has 0 aliphatic carbocycles. The number of amides is 1. The number of nitrogens with zero attached hydrogens (tertiary/aromatic N) is 1. The van der Waals surface area contributed by atoms with E-state index in [2.05, 4.69) is 57.8 Å². The zero-order valence-corrected chi connectivity index (χ0v) is 16.6. The van der Waals surface area contributed by atoms with Crippen molar-refractivity contribution in [2.75, 3.05) is 18.4 Å². The molecule has 1 aromatic rings. The minimum Gasteiger partial charge on any atom is -0.373 e. The van der Waals surface area contributed by atoms with E-state index in [1.807, 2.05) is 18.2 Å². The van der Waals surface area contributed by atoms with Gasteiger partial charge in [-0.25, -0.2) is 0 Å². The summed E-state index contributed by atoms with van der Waals surface area (Å²) in [6.07, 6.45) is 1.04. The molecule has 0 bridgehead atoms. The van der Waals surface area contributed by atoms with Gasteiger partial charge in [-0.05, 0) is 36.8 Å². The second-order valence-corrected chi connectivity index (χ2v) is 8.63. The van der Waals surface area contributed by atoms with Gasteiger partial charge in [0.05, 0.1) is 12.2 Å². The van der Waals surface area contributed by atoms with Gasteiger partial charge in [0.25, 0.3) is 0 Å². The normalized spacial score (nSPS) is 23.3. The predicted octanol–water partition coefficient (Wildman–Crippen LogP) is 4.31. The van der Waals surface area contributed by atoms with E-state index >= 15 is 0 Å². The van der Waals surface area contributed by atoms with Gasteiger partial charge in [-0.15, -0.1) is 0 Å². The molecular formula is C21H34N2O2. The standard InChI is InChI=1S/C21H34N2O2/c1-15(21(4,5)6)11-20(24)22-19-10-8-7-9-18(19)14-23-12-16(2)25-17(3)13-23/h7-10,15-17H,11-14H2,1-6H3,(H,22,24). The number of benzene rings is 1. The van der Waals surface area contributed by atoms with Crippen molar-refractivity contribution in [3.63, 3.8) is 0 Å². The Labute approximate surface area is 152 Å². The van der Waals surface area contributed by atoms with Crippen molar-refractivity contribution < 1.29 is 9.53 Å². The van der Waals surface area contributed by atoms with E-state index in [0.717, 1.165) is 25.3 Å². The molecule has 0 saturated carbocycles. The van der Waals surface area contributed by atoms with Crippen LogP contribution in [0.3, 0.4) is 0 Å². The van der Waals surface area contributed by atoms with Crippen LogP contribution >= 0.6 is 0 Å². The number of nitrogens with one attached hydrogen (secondary N) is 1. The molecule has 1 N–H and O–H groups in total. The van der Waals surface area contributed by atoms with Crippen molar-refractivity contribution in [1.29, 1.82) is 0 Å². The topological polar surface area (TPSA) is 41.6 Å². The van der Waals surface area contributed by atoms with Crippen molar-refractivity contribution in [2.45, 2.75) is 66.7 Å². The van der Waals surface area contributed by atoms with Crippen LogP contribution in [-0.4, -0.2) is 36.1 Å². The largest absolute Gasteiger partial charge is 0.373 e. The van der Waals surface area contributed by atoms with E-state index in [1.165, 1.54) is 5.56 Å². The monoisotopic (exact) mass is 346 g/mol. The number of carbonyl (C=O) groups is 1. The lowest BCUT2D eigenvalue weighted by molar-refractivity contribution is -0.117. The summed E-state index contributed by atoms with van der Waals surface area (Å²) in [5, 5.41) is 3.13. The number of rotatable bonds is 5. The van der Waals surface area contributed by atoms with Crippen LogP contribution in [0.15, 0.2) is 24.3 Å². The first-order valence-corrected chi connectivity index (χ1v) is 9.40. The summed E-state index contributed by atoms with van der Waals surface area (Å²) in [6.45, 7) is 15.6. The van der Waals surface area contributed by atoms with Crippen LogP contribution in [0, 0.1) is 11.3 Å². The number of hydrogen-bond donors (Lipinski definition) is 1. The minimum atomic E-state index is 0.0959. The van der Waals surface area contributed by atoms with E-state index in [1.54, 1.807) is 0 Å². The third-order valence-electron chi connectivity index (χ3n) is 5.15. The summed E-state index contributed by atoms with van der Waals surface area (Å²) in [5.41, 5.74) is 2.23. The third kappa shape index (κ3) is 6.12. The van der Waals surface area contributed by atoms with Crippen molar-refractivity contribution in [3.05, 3.63) is 29.8 Å². The quantitative estimate of drug-likeness (QED) is 0.864. The lowest BCUT2D eigenvalue weighted by Gasteiger charge is -2.35. The van der Waals surface area contributed by atoms with Crippen LogP contribution in [0.25, 0.3) is 0 Å². The SMILES string of the molecule is CC1CN(Cc2ccccc2NC(=O)CC(C)C(C)(C)C)CC(C)O1.